The molecule has 20 heavy (non-hydrogen) atoms. The van der Waals surface area contributed by atoms with Crippen molar-refractivity contribution in [1.82, 2.24) is 4.98 Å². The lowest BCUT2D eigenvalue weighted by Gasteiger charge is -2.06. The minimum Gasteiger partial charge on any atom is -0.248 e. The van der Waals surface area contributed by atoms with E-state index in [1.807, 2.05) is 36.4 Å². The van der Waals surface area contributed by atoms with Crippen molar-refractivity contribution in [3.63, 3.8) is 0 Å². The van der Waals surface area contributed by atoms with Crippen LogP contribution in [0.25, 0.3) is 22.5 Å². The van der Waals surface area contributed by atoms with Gasteiger partial charge in [-0.2, -0.15) is 0 Å². The van der Waals surface area contributed by atoms with E-state index < -0.39 is 11.6 Å². The van der Waals surface area contributed by atoms with Gasteiger partial charge in [0.2, 0.25) is 0 Å². The van der Waals surface area contributed by atoms with Gasteiger partial charge in [-0.05, 0) is 24.3 Å². The van der Waals surface area contributed by atoms with Gasteiger partial charge in [0, 0.05) is 11.1 Å². The first-order chi connectivity index (χ1) is 9.75. The van der Waals surface area contributed by atoms with Gasteiger partial charge in [0.25, 0.3) is 0 Å². The first-order valence-electron chi connectivity index (χ1n) is 6.22. The molecule has 1 nitrogen and oxygen atoms in total. The smallest absolute Gasteiger partial charge is 0.168 e. The minimum atomic E-state index is -0.870. The fourth-order valence-electron chi connectivity index (χ4n) is 2.06. The maximum atomic E-state index is 13.8. The average molecular weight is 267 g/mol. The van der Waals surface area contributed by atoms with Crippen LogP contribution in [0.1, 0.15) is 0 Å². The van der Waals surface area contributed by atoms with E-state index in [9.17, 15) is 8.78 Å². The lowest BCUT2D eigenvalue weighted by atomic mass is 10.1. The van der Waals surface area contributed by atoms with Gasteiger partial charge >= 0.3 is 0 Å². The topological polar surface area (TPSA) is 12.9 Å². The Balaban J connectivity index is 2.10. The summed E-state index contributed by atoms with van der Waals surface area (Å²) >= 11 is 0. The molecule has 0 amide bonds. The van der Waals surface area contributed by atoms with Crippen LogP contribution in [0.4, 0.5) is 8.78 Å². The zero-order valence-corrected chi connectivity index (χ0v) is 10.6. The van der Waals surface area contributed by atoms with Crippen LogP contribution >= 0.6 is 0 Å². The monoisotopic (exact) mass is 267 g/mol. The normalized spacial score (nSPS) is 10.5. The summed E-state index contributed by atoms with van der Waals surface area (Å²) < 4.78 is 27.1. The quantitative estimate of drug-likeness (QED) is 0.656. The van der Waals surface area contributed by atoms with Crippen LogP contribution in [0.15, 0.2) is 66.7 Å². The molecule has 3 heteroatoms. The first kappa shape index (κ1) is 12.5. The third-order valence-corrected chi connectivity index (χ3v) is 3.05. The largest absolute Gasteiger partial charge is 0.248 e. The van der Waals surface area contributed by atoms with Crippen molar-refractivity contribution in [3.8, 4) is 22.5 Å². The Labute approximate surface area is 115 Å². The number of nitrogens with zero attached hydrogens (tertiary/aromatic N) is 1. The molecular weight excluding hydrogens is 256 g/mol. The van der Waals surface area contributed by atoms with Crippen LogP contribution in [-0.2, 0) is 0 Å². The molecule has 0 unspecified atom stereocenters. The van der Waals surface area contributed by atoms with Crippen LogP contribution in [0.3, 0.4) is 0 Å². The van der Waals surface area contributed by atoms with Crippen molar-refractivity contribution < 1.29 is 8.78 Å². The SMILES string of the molecule is Fc1cccc(-c2cccc(-c3ccccc3)n2)c1F. The summed E-state index contributed by atoms with van der Waals surface area (Å²) in [5.41, 5.74) is 2.25. The highest BCUT2D eigenvalue weighted by Crippen LogP contribution is 2.25. The summed E-state index contributed by atoms with van der Waals surface area (Å²) in [6, 6.07) is 19.0. The van der Waals surface area contributed by atoms with Crippen molar-refractivity contribution in [1.29, 1.82) is 0 Å². The predicted molar refractivity (Wildman–Crippen MR) is 75.0 cm³/mol. The molecule has 98 valence electrons. The molecule has 0 radical (unpaired) electrons. The molecular formula is C17H11F2N. The lowest BCUT2D eigenvalue weighted by Crippen LogP contribution is -1.93. The molecule has 1 aromatic heterocycles. The highest BCUT2D eigenvalue weighted by Gasteiger charge is 2.11. The minimum absolute atomic E-state index is 0.169. The Kier molecular flexibility index (Phi) is 3.25. The Morgan fingerprint density at radius 3 is 2.15 bits per heavy atom. The number of halogens is 2. The van der Waals surface area contributed by atoms with E-state index in [1.54, 1.807) is 12.1 Å². The van der Waals surface area contributed by atoms with Crippen LogP contribution in [-0.4, -0.2) is 4.98 Å². The first-order valence-corrected chi connectivity index (χ1v) is 6.22. The van der Waals surface area contributed by atoms with Crippen molar-refractivity contribution in [3.05, 3.63) is 78.4 Å². The molecule has 0 aliphatic carbocycles. The maximum Gasteiger partial charge on any atom is 0.168 e. The van der Waals surface area contributed by atoms with Gasteiger partial charge in [0.05, 0.1) is 11.4 Å². The summed E-state index contributed by atoms with van der Waals surface area (Å²) in [5.74, 6) is -1.74. The van der Waals surface area contributed by atoms with E-state index in [0.717, 1.165) is 17.3 Å². The molecule has 3 rings (SSSR count). The second kappa shape index (κ2) is 5.21. The number of aromatic nitrogens is 1. The van der Waals surface area contributed by atoms with E-state index in [0.29, 0.717) is 5.69 Å². The average Bonchev–Trinajstić information content (AvgIpc) is 2.51. The second-order valence-corrected chi connectivity index (χ2v) is 4.38. The molecule has 3 aromatic rings. The summed E-state index contributed by atoms with van der Waals surface area (Å²) in [6.07, 6.45) is 0. The number of pyridine rings is 1. The Hall–Kier alpha value is -2.55. The number of hydrogen-bond donors (Lipinski definition) is 0. The fourth-order valence-corrected chi connectivity index (χ4v) is 2.06. The Morgan fingerprint density at radius 1 is 0.650 bits per heavy atom. The molecule has 0 saturated carbocycles. The van der Waals surface area contributed by atoms with E-state index in [2.05, 4.69) is 4.98 Å². The second-order valence-electron chi connectivity index (χ2n) is 4.38. The number of benzene rings is 2. The zero-order valence-electron chi connectivity index (χ0n) is 10.6. The van der Waals surface area contributed by atoms with Crippen molar-refractivity contribution in [2.24, 2.45) is 0 Å². The van der Waals surface area contributed by atoms with Crippen LogP contribution in [0.2, 0.25) is 0 Å². The molecule has 0 spiro atoms. The molecule has 2 aromatic carbocycles. The van der Waals surface area contributed by atoms with Crippen LogP contribution in [0.5, 0.6) is 0 Å². The van der Waals surface area contributed by atoms with Gasteiger partial charge in [-0.15, -0.1) is 0 Å². The summed E-state index contributed by atoms with van der Waals surface area (Å²) in [4.78, 5) is 4.41. The van der Waals surface area contributed by atoms with E-state index in [4.69, 9.17) is 0 Å². The lowest BCUT2D eigenvalue weighted by molar-refractivity contribution is 0.511. The van der Waals surface area contributed by atoms with Crippen molar-refractivity contribution in [2.75, 3.05) is 0 Å². The number of hydrogen-bond acceptors (Lipinski definition) is 1. The van der Waals surface area contributed by atoms with Crippen LogP contribution in [0, 0.1) is 11.6 Å². The third-order valence-electron chi connectivity index (χ3n) is 3.05. The molecule has 0 N–H and O–H groups in total. The summed E-state index contributed by atoms with van der Waals surface area (Å²) in [7, 11) is 0. The molecule has 0 bridgehead atoms. The van der Waals surface area contributed by atoms with Gasteiger partial charge < -0.3 is 0 Å². The Bertz CT molecular complexity index is 739. The molecule has 0 saturated heterocycles. The Morgan fingerprint density at radius 2 is 1.35 bits per heavy atom. The molecule has 0 fully saturated rings. The molecule has 1 heterocycles. The maximum absolute atomic E-state index is 13.8. The van der Waals surface area contributed by atoms with E-state index in [1.165, 1.54) is 12.1 Å². The van der Waals surface area contributed by atoms with Crippen molar-refractivity contribution >= 4 is 0 Å². The molecule has 0 aliphatic rings. The van der Waals surface area contributed by atoms with Gasteiger partial charge in [0.15, 0.2) is 11.6 Å². The van der Waals surface area contributed by atoms with Gasteiger partial charge in [0.1, 0.15) is 0 Å². The molecule has 0 atom stereocenters. The van der Waals surface area contributed by atoms with Gasteiger partial charge in [-0.1, -0.05) is 42.5 Å². The molecule has 0 aliphatic heterocycles. The predicted octanol–water partition coefficient (Wildman–Crippen LogP) is 4.69. The van der Waals surface area contributed by atoms with Crippen LogP contribution < -0.4 is 0 Å². The summed E-state index contributed by atoms with van der Waals surface area (Å²) in [6.45, 7) is 0. The fraction of sp³-hybridized carbons (Fsp3) is 0. The highest BCUT2D eigenvalue weighted by molar-refractivity contribution is 5.66. The highest BCUT2D eigenvalue weighted by atomic mass is 19.2. The third kappa shape index (κ3) is 2.30. The van der Waals surface area contributed by atoms with Gasteiger partial charge in [-0.25, -0.2) is 13.8 Å². The number of rotatable bonds is 2. The zero-order chi connectivity index (χ0) is 13.9. The van der Waals surface area contributed by atoms with Crippen molar-refractivity contribution in [2.45, 2.75) is 0 Å². The standard InChI is InChI=1S/C17H11F2N/c18-14-9-4-8-13(17(14)19)16-11-5-10-15(20-16)12-6-2-1-3-7-12/h1-11H. The van der Waals surface area contributed by atoms with E-state index in [-0.39, 0.29) is 5.56 Å². The van der Waals surface area contributed by atoms with Gasteiger partial charge in [-0.3, -0.25) is 0 Å². The summed E-state index contributed by atoms with van der Waals surface area (Å²) in [5, 5.41) is 0. The van der Waals surface area contributed by atoms with E-state index >= 15 is 0 Å².